The molecule has 0 aromatic heterocycles. The van der Waals surface area contributed by atoms with Gasteiger partial charge in [-0.3, -0.25) is 0 Å². The van der Waals surface area contributed by atoms with Crippen molar-refractivity contribution in [3.63, 3.8) is 0 Å². The van der Waals surface area contributed by atoms with E-state index < -0.39 is 0 Å². The summed E-state index contributed by atoms with van der Waals surface area (Å²) in [4.78, 5) is 0. The summed E-state index contributed by atoms with van der Waals surface area (Å²) in [6, 6.07) is 0.810. The maximum Gasteiger partial charge on any atom is 0.0222 e. The Balaban J connectivity index is 2.39. The SMILES string of the molecule is C[C@H]1C=CC[C@H](N)CN1. The second-order valence-electron chi connectivity index (χ2n) is 2.62. The second-order valence-corrected chi connectivity index (χ2v) is 2.62. The highest BCUT2D eigenvalue weighted by Crippen LogP contribution is 1.97. The average molecular weight is 126 g/mol. The molecule has 2 nitrogen and oxygen atoms in total. The molecule has 0 aromatic rings. The zero-order chi connectivity index (χ0) is 6.69. The largest absolute Gasteiger partial charge is 0.326 e. The Morgan fingerprint density at radius 1 is 1.67 bits per heavy atom. The van der Waals surface area contributed by atoms with Crippen molar-refractivity contribution in [1.29, 1.82) is 0 Å². The summed E-state index contributed by atoms with van der Waals surface area (Å²) in [5.41, 5.74) is 5.68. The molecule has 2 atom stereocenters. The van der Waals surface area contributed by atoms with E-state index in [-0.39, 0.29) is 0 Å². The molecule has 0 unspecified atom stereocenters. The van der Waals surface area contributed by atoms with E-state index in [1.54, 1.807) is 0 Å². The van der Waals surface area contributed by atoms with Crippen LogP contribution < -0.4 is 11.1 Å². The summed E-state index contributed by atoms with van der Waals surface area (Å²) >= 11 is 0. The average Bonchev–Trinajstić information content (AvgIpc) is 1.97. The molecule has 1 rings (SSSR count). The van der Waals surface area contributed by atoms with Gasteiger partial charge in [0.15, 0.2) is 0 Å². The van der Waals surface area contributed by atoms with Gasteiger partial charge in [-0.25, -0.2) is 0 Å². The van der Waals surface area contributed by atoms with E-state index in [0.29, 0.717) is 12.1 Å². The first kappa shape index (κ1) is 6.78. The molecule has 0 amide bonds. The molecule has 9 heavy (non-hydrogen) atoms. The lowest BCUT2D eigenvalue weighted by Gasteiger charge is -2.08. The molecule has 2 heteroatoms. The molecule has 52 valence electrons. The maximum atomic E-state index is 5.68. The van der Waals surface area contributed by atoms with Crippen LogP contribution in [0.4, 0.5) is 0 Å². The fourth-order valence-corrected chi connectivity index (χ4v) is 0.946. The van der Waals surface area contributed by atoms with Crippen molar-refractivity contribution in [2.24, 2.45) is 5.73 Å². The highest BCUT2D eigenvalue weighted by molar-refractivity contribution is 4.96. The first-order chi connectivity index (χ1) is 4.29. The molecule has 1 aliphatic rings. The van der Waals surface area contributed by atoms with Gasteiger partial charge in [-0.15, -0.1) is 0 Å². The van der Waals surface area contributed by atoms with E-state index in [4.69, 9.17) is 5.73 Å². The van der Waals surface area contributed by atoms with Crippen molar-refractivity contribution in [1.82, 2.24) is 5.32 Å². The smallest absolute Gasteiger partial charge is 0.0222 e. The van der Waals surface area contributed by atoms with Crippen LogP contribution in [0.3, 0.4) is 0 Å². The summed E-state index contributed by atoms with van der Waals surface area (Å²) in [6.07, 6.45) is 5.32. The third-order valence-corrected chi connectivity index (χ3v) is 1.57. The minimum Gasteiger partial charge on any atom is -0.326 e. The van der Waals surface area contributed by atoms with Gasteiger partial charge in [0.2, 0.25) is 0 Å². The van der Waals surface area contributed by atoms with Gasteiger partial charge >= 0.3 is 0 Å². The second kappa shape index (κ2) is 2.99. The highest BCUT2D eigenvalue weighted by atomic mass is 14.9. The number of nitrogens with one attached hydrogen (secondary N) is 1. The van der Waals surface area contributed by atoms with Gasteiger partial charge in [0, 0.05) is 18.6 Å². The lowest BCUT2D eigenvalue weighted by Crippen LogP contribution is -2.35. The Kier molecular flexibility index (Phi) is 2.25. The molecule has 0 spiro atoms. The van der Waals surface area contributed by atoms with Crippen molar-refractivity contribution in [3.05, 3.63) is 12.2 Å². The number of hydrogen-bond donors (Lipinski definition) is 2. The molecule has 0 bridgehead atoms. The minimum atomic E-state index is 0.311. The van der Waals surface area contributed by atoms with Gasteiger partial charge in [-0.1, -0.05) is 12.2 Å². The molecule has 0 fully saturated rings. The van der Waals surface area contributed by atoms with Crippen molar-refractivity contribution in [3.8, 4) is 0 Å². The first-order valence-electron chi connectivity index (χ1n) is 3.44. The summed E-state index contributed by atoms with van der Waals surface area (Å²) in [5.74, 6) is 0. The molecule has 0 aliphatic carbocycles. The molecular formula is C7H14N2. The van der Waals surface area contributed by atoms with Gasteiger partial charge in [0.05, 0.1) is 0 Å². The topological polar surface area (TPSA) is 38.0 Å². The minimum absolute atomic E-state index is 0.311. The van der Waals surface area contributed by atoms with Crippen LogP contribution in [0.15, 0.2) is 12.2 Å². The van der Waals surface area contributed by atoms with E-state index in [1.807, 2.05) is 0 Å². The Morgan fingerprint density at radius 3 is 3.22 bits per heavy atom. The van der Waals surface area contributed by atoms with Gasteiger partial charge in [0.1, 0.15) is 0 Å². The normalized spacial score (nSPS) is 36.2. The Hall–Kier alpha value is -0.340. The lowest BCUT2D eigenvalue weighted by molar-refractivity contribution is 0.571. The van der Waals surface area contributed by atoms with Crippen molar-refractivity contribution < 1.29 is 0 Å². The molecule has 0 saturated heterocycles. The fraction of sp³-hybridized carbons (Fsp3) is 0.714. The Labute approximate surface area is 56.1 Å². The predicted molar refractivity (Wildman–Crippen MR) is 39.2 cm³/mol. The molecular weight excluding hydrogens is 112 g/mol. The quantitative estimate of drug-likeness (QED) is 0.457. The first-order valence-corrected chi connectivity index (χ1v) is 3.44. The fourth-order valence-electron chi connectivity index (χ4n) is 0.946. The summed E-state index contributed by atoms with van der Waals surface area (Å²) in [5, 5.41) is 3.28. The number of rotatable bonds is 0. The van der Waals surface area contributed by atoms with E-state index >= 15 is 0 Å². The zero-order valence-electron chi connectivity index (χ0n) is 5.80. The molecule has 0 radical (unpaired) electrons. The van der Waals surface area contributed by atoms with Crippen molar-refractivity contribution in [2.75, 3.05) is 6.54 Å². The van der Waals surface area contributed by atoms with Gasteiger partial charge in [0.25, 0.3) is 0 Å². The van der Waals surface area contributed by atoms with Crippen LogP contribution in [-0.4, -0.2) is 18.6 Å². The van der Waals surface area contributed by atoms with Crippen LogP contribution in [0.1, 0.15) is 13.3 Å². The summed E-state index contributed by atoms with van der Waals surface area (Å²) in [6.45, 7) is 3.07. The van der Waals surface area contributed by atoms with E-state index in [2.05, 4.69) is 24.4 Å². The van der Waals surface area contributed by atoms with Gasteiger partial charge in [-0.2, -0.15) is 0 Å². The van der Waals surface area contributed by atoms with Crippen molar-refractivity contribution in [2.45, 2.75) is 25.4 Å². The van der Waals surface area contributed by atoms with Crippen LogP contribution >= 0.6 is 0 Å². The zero-order valence-corrected chi connectivity index (χ0v) is 5.80. The molecule has 0 saturated carbocycles. The van der Waals surface area contributed by atoms with Crippen LogP contribution in [0.5, 0.6) is 0 Å². The molecule has 3 N–H and O–H groups in total. The van der Waals surface area contributed by atoms with E-state index in [1.165, 1.54) is 0 Å². The lowest BCUT2D eigenvalue weighted by atomic mass is 10.2. The van der Waals surface area contributed by atoms with Gasteiger partial charge < -0.3 is 11.1 Å². The van der Waals surface area contributed by atoms with Crippen LogP contribution in [0.25, 0.3) is 0 Å². The van der Waals surface area contributed by atoms with Crippen LogP contribution in [0, 0.1) is 0 Å². The molecule has 1 aliphatic heterocycles. The van der Waals surface area contributed by atoms with Crippen LogP contribution in [-0.2, 0) is 0 Å². The van der Waals surface area contributed by atoms with E-state index in [0.717, 1.165) is 13.0 Å². The summed E-state index contributed by atoms with van der Waals surface area (Å²) in [7, 11) is 0. The van der Waals surface area contributed by atoms with Crippen molar-refractivity contribution >= 4 is 0 Å². The maximum absolute atomic E-state index is 5.68. The molecule has 1 heterocycles. The number of nitrogens with two attached hydrogens (primary N) is 1. The van der Waals surface area contributed by atoms with Crippen LogP contribution in [0.2, 0.25) is 0 Å². The third kappa shape index (κ3) is 2.16. The van der Waals surface area contributed by atoms with E-state index in [9.17, 15) is 0 Å². The monoisotopic (exact) mass is 126 g/mol. The number of hydrogen-bond acceptors (Lipinski definition) is 2. The third-order valence-electron chi connectivity index (χ3n) is 1.57. The molecule has 0 aromatic carbocycles. The standard InChI is InChI=1S/C7H14N2/c1-6-3-2-4-7(8)5-9-6/h2-3,6-7,9H,4-5,8H2,1H3/t6-,7-/m0/s1. The highest BCUT2D eigenvalue weighted by Gasteiger charge is 2.05. The predicted octanol–water partition coefficient (Wildman–Crippen LogP) is 0.252. The Bertz CT molecular complexity index is 109. The Morgan fingerprint density at radius 2 is 2.44 bits per heavy atom. The van der Waals surface area contributed by atoms with Gasteiger partial charge in [-0.05, 0) is 13.3 Å². The summed E-state index contributed by atoms with van der Waals surface area (Å²) < 4.78 is 0.